The number of hydrogen-bond donors (Lipinski definition) is 1. The summed E-state index contributed by atoms with van der Waals surface area (Å²) in [5, 5.41) is 3.03. The number of carbonyl (C=O) groups excluding carboxylic acids is 1. The van der Waals surface area contributed by atoms with Crippen molar-refractivity contribution < 1.29 is 13.6 Å². The van der Waals surface area contributed by atoms with Crippen LogP contribution in [-0.2, 0) is 10.7 Å². The molecule has 1 amide bonds. The summed E-state index contributed by atoms with van der Waals surface area (Å²) in [6.07, 6.45) is 4.53. The highest BCUT2D eigenvalue weighted by Crippen LogP contribution is 2.42. The van der Waals surface area contributed by atoms with Crippen LogP contribution in [0.4, 0.5) is 8.78 Å². The third-order valence-electron chi connectivity index (χ3n) is 5.95. The van der Waals surface area contributed by atoms with E-state index in [-0.39, 0.29) is 23.4 Å². The maximum absolute atomic E-state index is 13.6. The molecule has 1 aromatic heterocycles. The topological polar surface area (TPSA) is 42.0 Å². The Balaban J connectivity index is 1.65. The first-order valence-corrected chi connectivity index (χ1v) is 10.1. The summed E-state index contributed by atoms with van der Waals surface area (Å²) < 4.78 is 27.2. The number of hydrogen-bond acceptors (Lipinski definition) is 2. The van der Waals surface area contributed by atoms with Crippen LogP contribution in [0.15, 0.2) is 36.4 Å². The molecule has 0 radical (unpaired) electrons. The minimum absolute atomic E-state index is 0.0115. The maximum atomic E-state index is 13.6. The van der Waals surface area contributed by atoms with Gasteiger partial charge in [-0.1, -0.05) is 30.3 Å². The Morgan fingerprint density at radius 1 is 1.14 bits per heavy atom. The Labute approximate surface area is 164 Å². The Hall–Kier alpha value is -2.30. The number of carbonyl (C=O) groups is 1. The average Bonchev–Trinajstić information content (AvgIpc) is 3.40. The molecule has 2 atom stereocenters. The number of halogens is 2. The molecule has 0 bridgehead atoms. The normalized spacial score (nSPS) is 20.9. The molecule has 1 N–H and O–H groups in total. The van der Waals surface area contributed by atoms with Crippen molar-refractivity contribution in [2.24, 2.45) is 0 Å². The van der Waals surface area contributed by atoms with Crippen LogP contribution >= 0.6 is 0 Å². The van der Waals surface area contributed by atoms with Crippen LogP contribution in [0.1, 0.15) is 78.9 Å². The van der Waals surface area contributed by atoms with Gasteiger partial charge in [0, 0.05) is 42.3 Å². The zero-order valence-corrected chi connectivity index (χ0v) is 16.3. The number of amides is 1. The minimum Gasteiger partial charge on any atom is -0.353 e. The predicted molar refractivity (Wildman–Crippen MR) is 105 cm³/mol. The third-order valence-corrected chi connectivity index (χ3v) is 5.95. The molecule has 2 heterocycles. The monoisotopic (exact) mass is 384 g/mol. The second-order valence-corrected chi connectivity index (χ2v) is 8.29. The van der Waals surface area contributed by atoms with Gasteiger partial charge < -0.3 is 5.32 Å². The van der Waals surface area contributed by atoms with Gasteiger partial charge in [-0.3, -0.25) is 9.78 Å². The first-order chi connectivity index (χ1) is 13.3. The van der Waals surface area contributed by atoms with E-state index in [0.29, 0.717) is 12.3 Å². The van der Waals surface area contributed by atoms with Crippen molar-refractivity contribution in [3.8, 4) is 0 Å². The van der Waals surface area contributed by atoms with Crippen molar-refractivity contribution in [1.82, 2.24) is 10.3 Å². The molecule has 5 heteroatoms. The molecule has 3 nitrogen and oxygen atoms in total. The molecule has 1 aliphatic heterocycles. The summed E-state index contributed by atoms with van der Waals surface area (Å²) >= 11 is 0. The van der Waals surface area contributed by atoms with Crippen molar-refractivity contribution in [2.45, 2.75) is 69.8 Å². The van der Waals surface area contributed by atoms with Gasteiger partial charge in [-0.25, -0.2) is 8.78 Å². The highest BCUT2D eigenvalue weighted by molar-refractivity contribution is 5.78. The molecular formula is C23H26F2N2O. The highest BCUT2D eigenvalue weighted by atomic mass is 19.3. The first-order valence-electron chi connectivity index (χ1n) is 10.1. The van der Waals surface area contributed by atoms with Gasteiger partial charge in [-0.05, 0) is 55.7 Å². The maximum Gasteiger partial charge on any atom is 0.270 e. The number of benzene rings is 1. The van der Waals surface area contributed by atoms with E-state index in [1.54, 1.807) is 12.1 Å². The number of aromatic nitrogens is 1. The van der Waals surface area contributed by atoms with Gasteiger partial charge in [0.15, 0.2) is 0 Å². The standard InChI is InChI=1S/C23H26F2N2O/c1-14-19(15-3-4-15)10-11-21(26-14)20(13-18-9-12-22(28)27-18)16-5-7-17(8-6-16)23(2,24)25/h5-8,10-11,15,18,20H,3-4,9,12-13H2,1-2H3,(H,27,28)/t18-,20?/m1/s1. The van der Waals surface area contributed by atoms with Crippen LogP contribution in [0.5, 0.6) is 0 Å². The lowest BCUT2D eigenvalue weighted by atomic mass is 9.87. The average molecular weight is 384 g/mol. The summed E-state index contributed by atoms with van der Waals surface area (Å²) in [5.74, 6) is -2.16. The summed E-state index contributed by atoms with van der Waals surface area (Å²) in [7, 11) is 0. The largest absolute Gasteiger partial charge is 0.353 e. The number of aryl methyl sites for hydroxylation is 1. The zero-order chi connectivity index (χ0) is 19.9. The van der Waals surface area contributed by atoms with Crippen molar-refractivity contribution in [3.05, 3.63) is 64.5 Å². The Kier molecular flexibility index (Phi) is 4.94. The van der Waals surface area contributed by atoms with E-state index in [1.807, 2.05) is 6.92 Å². The van der Waals surface area contributed by atoms with Crippen molar-refractivity contribution in [2.75, 3.05) is 0 Å². The summed E-state index contributed by atoms with van der Waals surface area (Å²) in [4.78, 5) is 16.5. The van der Waals surface area contributed by atoms with Gasteiger partial charge in [0.2, 0.25) is 5.91 Å². The van der Waals surface area contributed by atoms with E-state index in [1.165, 1.54) is 30.5 Å². The van der Waals surface area contributed by atoms with E-state index in [9.17, 15) is 13.6 Å². The molecule has 1 saturated carbocycles. The molecule has 1 aliphatic carbocycles. The Morgan fingerprint density at radius 2 is 1.86 bits per heavy atom. The molecule has 1 saturated heterocycles. The van der Waals surface area contributed by atoms with Gasteiger partial charge in [0.25, 0.3) is 5.92 Å². The van der Waals surface area contributed by atoms with Crippen LogP contribution in [0.3, 0.4) is 0 Å². The van der Waals surface area contributed by atoms with E-state index >= 15 is 0 Å². The van der Waals surface area contributed by atoms with Gasteiger partial charge >= 0.3 is 0 Å². The number of alkyl halides is 2. The molecule has 2 aromatic rings. The lowest BCUT2D eigenvalue weighted by Gasteiger charge is -2.22. The number of nitrogens with one attached hydrogen (secondary N) is 1. The van der Waals surface area contributed by atoms with Crippen molar-refractivity contribution in [1.29, 1.82) is 0 Å². The van der Waals surface area contributed by atoms with Crippen LogP contribution in [0.25, 0.3) is 0 Å². The lowest BCUT2D eigenvalue weighted by molar-refractivity contribution is -0.119. The smallest absolute Gasteiger partial charge is 0.270 e. The molecule has 148 valence electrons. The van der Waals surface area contributed by atoms with E-state index in [4.69, 9.17) is 4.98 Å². The SMILES string of the molecule is Cc1nc(C(C[C@H]2CCC(=O)N2)c2ccc(C(C)(F)F)cc2)ccc1C1CC1. The predicted octanol–water partition coefficient (Wildman–Crippen LogP) is 5.18. The van der Waals surface area contributed by atoms with Gasteiger partial charge in [0.05, 0.1) is 0 Å². The van der Waals surface area contributed by atoms with E-state index in [0.717, 1.165) is 36.7 Å². The summed E-state index contributed by atoms with van der Waals surface area (Å²) in [5.41, 5.74) is 4.28. The second-order valence-electron chi connectivity index (χ2n) is 8.29. The van der Waals surface area contributed by atoms with E-state index < -0.39 is 5.92 Å². The van der Waals surface area contributed by atoms with Crippen LogP contribution < -0.4 is 5.32 Å². The molecule has 1 unspecified atom stereocenters. The van der Waals surface area contributed by atoms with Gasteiger partial charge in [-0.15, -0.1) is 0 Å². The van der Waals surface area contributed by atoms with Crippen molar-refractivity contribution in [3.63, 3.8) is 0 Å². The minimum atomic E-state index is -2.85. The molecule has 28 heavy (non-hydrogen) atoms. The fourth-order valence-corrected chi connectivity index (χ4v) is 4.19. The molecule has 0 spiro atoms. The molecule has 2 fully saturated rings. The Bertz CT molecular complexity index is 869. The number of nitrogens with zero attached hydrogens (tertiary/aromatic N) is 1. The molecular weight excluding hydrogens is 358 g/mol. The Morgan fingerprint density at radius 3 is 2.39 bits per heavy atom. The molecule has 4 rings (SSSR count). The van der Waals surface area contributed by atoms with E-state index in [2.05, 4.69) is 17.4 Å². The lowest BCUT2D eigenvalue weighted by Crippen LogP contribution is -2.27. The zero-order valence-electron chi connectivity index (χ0n) is 16.3. The fraction of sp³-hybridized carbons (Fsp3) is 0.478. The van der Waals surface area contributed by atoms with Crippen LogP contribution in [-0.4, -0.2) is 16.9 Å². The highest BCUT2D eigenvalue weighted by Gasteiger charge is 2.30. The number of rotatable bonds is 6. The quantitative estimate of drug-likeness (QED) is 0.746. The molecule has 1 aromatic carbocycles. The van der Waals surface area contributed by atoms with Crippen molar-refractivity contribution >= 4 is 5.91 Å². The summed E-state index contributed by atoms with van der Waals surface area (Å²) in [6.45, 7) is 2.96. The molecule has 2 aliphatic rings. The summed E-state index contributed by atoms with van der Waals surface area (Å²) in [6, 6.07) is 10.9. The second kappa shape index (κ2) is 7.26. The third kappa shape index (κ3) is 4.08. The van der Waals surface area contributed by atoms with Gasteiger partial charge in [-0.2, -0.15) is 0 Å². The number of pyridine rings is 1. The van der Waals surface area contributed by atoms with Crippen LogP contribution in [0, 0.1) is 6.92 Å². The van der Waals surface area contributed by atoms with Gasteiger partial charge in [0.1, 0.15) is 0 Å². The fourth-order valence-electron chi connectivity index (χ4n) is 4.19. The first kappa shape index (κ1) is 19.0. The van der Waals surface area contributed by atoms with Crippen LogP contribution in [0.2, 0.25) is 0 Å².